The van der Waals surface area contributed by atoms with Crippen molar-refractivity contribution in [3.8, 4) is 0 Å². The lowest BCUT2D eigenvalue weighted by molar-refractivity contribution is -0.116. The van der Waals surface area contributed by atoms with Crippen LogP contribution in [0, 0.1) is 34.6 Å². The van der Waals surface area contributed by atoms with Crippen molar-refractivity contribution in [2.24, 2.45) is 0 Å². The second-order valence-electron chi connectivity index (χ2n) is 6.46. The Bertz CT molecular complexity index is 1020. The molecule has 1 N–H and O–H groups in total. The average Bonchev–Trinajstić information content (AvgIpc) is 2.81. The van der Waals surface area contributed by atoms with E-state index >= 15 is 0 Å². The van der Waals surface area contributed by atoms with Crippen LogP contribution in [0.25, 0.3) is 11.1 Å². The largest absolute Gasteiger partial charge is 0.443 e. The van der Waals surface area contributed by atoms with Gasteiger partial charge in [0, 0.05) is 11.3 Å². The van der Waals surface area contributed by atoms with Gasteiger partial charge in [-0.05, 0) is 45.7 Å². The minimum absolute atomic E-state index is 0.0990. The molecule has 0 saturated heterocycles. The van der Waals surface area contributed by atoms with E-state index in [0.29, 0.717) is 16.9 Å². The fourth-order valence-electron chi connectivity index (χ4n) is 3.09. The highest BCUT2D eigenvalue weighted by Gasteiger charge is 2.16. The quantitative estimate of drug-likeness (QED) is 0.795. The molecule has 130 valence electrons. The van der Waals surface area contributed by atoms with Crippen molar-refractivity contribution in [2.45, 2.75) is 41.2 Å². The first-order valence-electron chi connectivity index (χ1n) is 8.10. The van der Waals surface area contributed by atoms with Gasteiger partial charge in [-0.25, -0.2) is 4.98 Å². The molecular formula is C19H21N3O3. The molecule has 2 aromatic heterocycles. The Balaban J connectivity index is 1.89. The van der Waals surface area contributed by atoms with Gasteiger partial charge in [-0.15, -0.1) is 0 Å². The third-order valence-corrected chi connectivity index (χ3v) is 4.41. The summed E-state index contributed by atoms with van der Waals surface area (Å²) in [6.07, 6.45) is 1.35. The SMILES string of the molecule is Cc1cc(C)c(NC(=O)Cn2cnc3oc(C)c(C)c3c2=O)c(C)c1. The number of benzene rings is 1. The fourth-order valence-corrected chi connectivity index (χ4v) is 3.09. The van der Waals surface area contributed by atoms with Gasteiger partial charge in [0.1, 0.15) is 24.0 Å². The molecule has 0 unspecified atom stereocenters. The summed E-state index contributed by atoms with van der Waals surface area (Å²) in [6, 6.07) is 4.03. The molecular weight excluding hydrogens is 318 g/mol. The van der Waals surface area contributed by atoms with Crippen LogP contribution in [0.15, 0.2) is 27.7 Å². The first kappa shape index (κ1) is 17.0. The topological polar surface area (TPSA) is 77.1 Å². The maximum Gasteiger partial charge on any atom is 0.265 e. The van der Waals surface area contributed by atoms with Crippen LogP contribution in [0.3, 0.4) is 0 Å². The van der Waals surface area contributed by atoms with Crippen molar-refractivity contribution in [1.82, 2.24) is 9.55 Å². The molecule has 0 aliphatic heterocycles. The zero-order valence-corrected chi connectivity index (χ0v) is 15.1. The van der Waals surface area contributed by atoms with E-state index in [9.17, 15) is 9.59 Å². The van der Waals surface area contributed by atoms with Gasteiger partial charge in [0.2, 0.25) is 11.6 Å². The number of amides is 1. The molecule has 0 aliphatic rings. The Morgan fingerprint density at radius 3 is 2.44 bits per heavy atom. The van der Waals surface area contributed by atoms with Crippen LogP contribution in [0.1, 0.15) is 28.0 Å². The molecule has 2 heterocycles. The zero-order chi connectivity index (χ0) is 18.3. The lowest BCUT2D eigenvalue weighted by Gasteiger charge is -2.13. The van der Waals surface area contributed by atoms with Crippen molar-refractivity contribution >= 4 is 22.7 Å². The van der Waals surface area contributed by atoms with Crippen LogP contribution in [-0.2, 0) is 11.3 Å². The predicted molar refractivity (Wildman–Crippen MR) is 97.0 cm³/mol. The predicted octanol–water partition coefficient (Wildman–Crippen LogP) is 3.17. The van der Waals surface area contributed by atoms with Crippen LogP contribution < -0.4 is 10.9 Å². The van der Waals surface area contributed by atoms with E-state index in [-0.39, 0.29) is 18.0 Å². The van der Waals surface area contributed by atoms with Gasteiger partial charge < -0.3 is 9.73 Å². The third kappa shape index (κ3) is 3.07. The van der Waals surface area contributed by atoms with Gasteiger partial charge in [0.05, 0.1) is 0 Å². The molecule has 0 atom stereocenters. The number of nitrogens with zero attached hydrogens (tertiary/aromatic N) is 2. The molecule has 0 fully saturated rings. The van der Waals surface area contributed by atoms with Crippen LogP contribution in [0.5, 0.6) is 0 Å². The van der Waals surface area contributed by atoms with E-state index in [0.717, 1.165) is 27.9 Å². The Labute approximate surface area is 145 Å². The van der Waals surface area contributed by atoms with Gasteiger partial charge in [-0.1, -0.05) is 17.7 Å². The number of furan rings is 1. The Morgan fingerprint density at radius 2 is 1.80 bits per heavy atom. The molecule has 6 nitrogen and oxygen atoms in total. The highest BCUT2D eigenvalue weighted by Crippen LogP contribution is 2.22. The van der Waals surface area contributed by atoms with Crippen LogP contribution in [-0.4, -0.2) is 15.5 Å². The summed E-state index contributed by atoms with van der Waals surface area (Å²) in [5.41, 5.74) is 4.71. The van der Waals surface area contributed by atoms with Gasteiger partial charge in [-0.3, -0.25) is 14.2 Å². The summed E-state index contributed by atoms with van der Waals surface area (Å²) in [5.74, 6) is 0.392. The molecule has 6 heteroatoms. The smallest absolute Gasteiger partial charge is 0.265 e. The van der Waals surface area contributed by atoms with E-state index in [4.69, 9.17) is 4.42 Å². The highest BCUT2D eigenvalue weighted by molar-refractivity contribution is 5.92. The molecule has 0 spiro atoms. The number of hydrogen-bond acceptors (Lipinski definition) is 4. The second kappa shape index (κ2) is 6.20. The zero-order valence-electron chi connectivity index (χ0n) is 15.1. The number of anilines is 1. The Hall–Kier alpha value is -2.89. The van der Waals surface area contributed by atoms with E-state index in [1.807, 2.05) is 39.8 Å². The van der Waals surface area contributed by atoms with Crippen LogP contribution in [0.2, 0.25) is 0 Å². The van der Waals surface area contributed by atoms with E-state index in [1.165, 1.54) is 10.9 Å². The summed E-state index contributed by atoms with van der Waals surface area (Å²) in [5, 5.41) is 3.33. The minimum Gasteiger partial charge on any atom is -0.443 e. The molecule has 1 aromatic carbocycles. The standard InChI is InChI=1S/C19H21N3O3/c1-10-6-11(2)17(12(3)7-10)21-15(23)8-22-9-20-18-16(19(22)24)13(4)14(5)25-18/h6-7,9H,8H2,1-5H3,(H,21,23). The maximum atomic E-state index is 12.6. The number of aromatic nitrogens is 2. The van der Waals surface area contributed by atoms with Crippen LogP contribution in [0.4, 0.5) is 5.69 Å². The molecule has 3 rings (SSSR count). The molecule has 1 amide bonds. The average molecular weight is 339 g/mol. The van der Waals surface area contributed by atoms with Crippen LogP contribution >= 0.6 is 0 Å². The van der Waals surface area contributed by atoms with Crippen molar-refractivity contribution in [2.75, 3.05) is 5.32 Å². The summed E-state index contributed by atoms with van der Waals surface area (Å²) in [4.78, 5) is 29.2. The molecule has 0 saturated carbocycles. The number of carbonyl (C=O) groups excluding carboxylic acids is 1. The second-order valence-corrected chi connectivity index (χ2v) is 6.46. The molecule has 0 aliphatic carbocycles. The highest BCUT2D eigenvalue weighted by atomic mass is 16.3. The minimum atomic E-state index is -0.271. The molecule has 0 radical (unpaired) electrons. The molecule has 0 bridgehead atoms. The van der Waals surface area contributed by atoms with Gasteiger partial charge in [-0.2, -0.15) is 0 Å². The van der Waals surface area contributed by atoms with E-state index in [2.05, 4.69) is 10.3 Å². The van der Waals surface area contributed by atoms with E-state index < -0.39 is 0 Å². The lowest BCUT2D eigenvalue weighted by Crippen LogP contribution is -2.28. The van der Waals surface area contributed by atoms with Gasteiger partial charge >= 0.3 is 0 Å². The molecule has 3 aromatic rings. The van der Waals surface area contributed by atoms with Crippen molar-refractivity contribution in [1.29, 1.82) is 0 Å². The summed E-state index contributed by atoms with van der Waals surface area (Å²) >= 11 is 0. The molecule has 25 heavy (non-hydrogen) atoms. The van der Waals surface area contributed by atoms with E-state index in [1.54, 1.807) is 6.92 Å². The number of carbonyl (C=O) groups is 1. The number of hydrogen-bond donors (Lipinski definition) is 1. The fraction of sp³-hybridized carbons (Fsp3) is 0.316. The first-order valence-corrected chi connectivity index (χ1v) is 8.10. The van der Waals surface area contributed by atoms with Crippen molar-refractivity contribution in [3.63, 3.8) is 0 Å². The third-order valence-electron chi connectivity index (χ3n) is 4.41. The maximum absolute atomic E-state index is 12.6. The van der Waals surface area contributed by atoms with Crippen molar-refractivity contribution < 1.29 is 9.21 Å². The normalized spacial score (nSPS) is 11.1. The van der Waals surface area contributed by atoms with Crippen molar-refractivity contribution in [3.05, 3.63) is 56.8 Å². The number of nitrogens with one attached hydrogen (secondary N) is 1. The number of aryl methyl sites for hydroxylation is 5. The van der Waals surface area contributed by atoms with Gasteiger partial charge in [0.15, 0.2) is 0 Å². The number of rotatable bonds is 3. The number of fused-ring (bicyclic) bond motifs is 1. The Morgan fingerprint density at radius 1 is 1.16 bits per heavy atom. The first-order chi connectivity index (χ1) is 11.8. The summed E-state index contributed by atoms with van der Waals surface area (Å²) < 4.78 is 6.76. The summed E-state index contributed by atoms with van der Waals surface area (Å²) in [7, 11) is 0. The monoisotopic (exact) mass is 339 g/mol. The van der Waals surface area contributed by atoms with Gasteiger partial charge in [0.25, 0.3) is 5.56 Å². The summed E-state index contributed by atoms with van der Waals surface area (Å²) in [6.45, 7) is 9.42. The Kier molecular flexibility index (Phi) is 4.20. The lowest BCUT2D eigenvalue weighted by atomic mass is 10.1.